The molecular weight excluding hydrogens is 296 g/mol. The van der Waals surface area contributed by atoms with Crippen LogP contribution in [-0.2, 0) is 6.54 Å². The first-order chi connectivity index (χ1) is 8.60. The third-order valence-corrected chi connectivity index (χ3v) is 3.06. The highest BCUT2D eigenvalue weighted by Crippen LogP contribution is 2.23. The normalized spacial score (nSPS) is 10.4. The van der Waals surface area contributed by atoms with Crippen molar-refractivity contribution >= 4 is 15.9 Å². The van der Waals surface area contributed by atoms with Gasteiger partial charge in [-0.05, 0) is 31.2 Å². The summed E-state index contributed by atoms with van der Waals surface area (Å²) >= 11 is 3.41. The maximum absolute atomic E-state index is 11.7. The van der Waals surface area contributed by atoms with Crippen molar-refractivity contribution in [1.29, 1.82) is 0 Å². The first-order valence-electron chi connectivity index (χ1n) is 5.47. The van der Waals surface area contributed by atoms with Crippen LogP contribution >= 0.6 is 15.9 Å². The van der Waals surface area contributed by atoms with Crippen molar-refractivity contribution in [2.45, 2.75) is 13.5 Å². The van der Waals surface area contributed by atoms with E-state index >= 15 is 0 Å². The van der Waals surface area contributed by atoms with Gasteiger partial charge in [0.15, 0.2) is 0 Å². The lowest BCUT2D eigenvalue weighted by molar-refractivity contribution is 0.406. The van der Waals surface area contributed by atoms with E-state index in [1.165, 1.54) is 10.7 Å². The number of rotatable bonds is 3. The summed E-state index contributed by atoms with van der Waals surface area (Å²) in [5, 5.41) is 4.21. The lowest BCUT2D eigenvalue weighted by atomic mass is 10.2. The van der Waals surface area contributed by atoms with Crippen molar-refractivity contribution in [3.8, 4) is 5.75 Å². The summed E-state index contributed by atoms with van der Waals surface area (Å²) < 4.78 is 7.65. The van der Waals surface area contributed by atoms with E-state index in [1.807, 2.05) is 25.1 Å². The van der Waals surface area contributed by atoms with Gasteiger partial charge in [0.1, 0.15) is 5.75 Å². The Morgan fingerprint density at radius 2 is 2.11 bits per heavy atom. The number of aryl methyl sites for hydroxylation is 1. The third-order valence-electron chi connectivity index (χ3n) is 2.56. The summed E-state index contributed by atoms with van der Waals surface area (Å²) in [6.07, 6.45) is 0. The number of nitrogens with zero attached hydrogens (tertiary/aromatic N) is 2. The first kappa shape index (κ1) is 12.8. The topological polar surface area (TPSA) is 44.1 Å². The molecule has 0 aliphatic rings. The lowest BCUT2D eigenvalue weighted by Crippen LogP contribution is -2.23. The second kappa shape index (κ2) is 5.35. The summed E-state index contributed by atoms with van der Waals surface area (Å²) in [4.78, 5) is 11.7. The zero-order valence-electron chi connectivity index (χ0n) is 10.2. The lowest BCUT2D eigenvalue weighted by Gasteiger charge is -2.10. The molecule has 18 heavy (non-hydrogen) atoms. The molecule has 0 radical (unpaired) electrons. The Morgan fingerprint density at radius 3 is 2.83 bits per heavy atom. The van der Waals surface area contributed by atoms with Crippen molar-refractivity contribution in [1.82, 2.24) is 9.78 Å². The summed E-state index contributed by atoms with van der Waals surface area (Å²) in [7, 11) is 1.61. The Balaban J connectivity index is 2.42. The van der Waals surface area contributed by atoms with Crippen LogP contribution in [0.4, 0.5) is 0 Å². The molecule has 0 unspecified atom stereocenters. The third kappa shape index (κ3) is 2.79. The maximum atomic E-state index is 11.7. The molecule has 0 aliphatic heterocycles. The van der Waals surface area contributed by atoms with E-state index in [2.05, 4.69) is 21.0 Å². The van der Waals surface area contributed by atoms with Gasteiger partial charge in [-0.15, -0.1) is 0 Å². The molecule has 0 fully saturated rings. The predicted molar refractivity (Wildman–Crippen MR) is 73.0 cm³/mol. The van der Waals surface area contributed by atoms with Crippen LogP contribution in [0.5, 0.6) is 5.75 Å². The molecule has 0 spiro atoms. The van der Waals surface area contributed by atoms with E-state index in [4.69, 9.17) is 4.74 Å². The Bertz CT molecular complexity index is 623. The fraction of sp³-hybridized carbons (Fsp3) is 0.231. The van der Waals surface area contributed by atoms with Gasteiger partial charge >= 0.3 is 0 Å². The second-order valence-corrected chi connectivity index (χ2v) is 4.84. The molecule has 2 aromatic rings. The average molecular weight is 309 g/mol. The molecular formula is C13H13BrN2O2. The summed E-state index contributed by atoms with van der Waals surface area (Å²) in [6.45, 7) is 2.25. The van der Waals surface area contributed by atoms with Gasteiger partial charge in [-0.2, -0.15) is 5.10 Å². The van der Waals surface area contributed by atoms with E-state index in [1.54, 1.807) is 13.2 Å². The molecule has 0 N–H and O–H groups in total. The van der Waals surface area contributed by atoms with Gasteiger partial charge in [0.05, 0.1) is 19.3 Å². The number of ether oxygens (including phenoxy) is 1. The van der Waals surface area contributed by atoms with Crippen molar-refractivity contribution in [3.63, 3.8) is 0 Å². The van der Waals surface area contributed by atoms with Gasteiger partial charge in [0.2, 0.25) is 0 Å². The fourth-order valence-corrected chi connectivity index (χ4v) is 2.10. The largest absolute Gasteiger partial charge is 0.496 e. The highest BCUT2D eigenvalue weighted by molar-refractivity contribution is 9.10. The molecule has 94 valence electrons. The number of benzene rings is 1. The van der Waals surface area contributed by atoms with Crippen LogP contribution < -0.4 is 10.3 Å². The first-order valence-corrected chi connectivity index (χ1v) is 6.26. The molecule has 0 saturated heterocycles. The van der Waals surface area contributed by atoms with Gasteiger partial charge in [0, 0.05) is 16.1 Å². The van der Waals surface area contributed by atoms with Crippen LogP contribution in [0, 0.1) is 6.92 Å². The molecule has 1 heterocycles. The van der Waals surface area contributed by atoms with Crippen LogP contribution in [-0.4, -0.2) is 16.9 Å². The van der Waals surface area contributed by atoms with Crippen LogP contribution in [0.15, 0.2) is 39.6 Å². The van der Waals surface area contributed by atoms with Gasteiger partial charge in [-0.1, -0.05) is 15.9 Å². The number of aromatic nitrogens is 2. The highest BCUT2D eigenvalue weighted by Gasteiger charge is 2.06. The predicted octanol–water partition coefficient (Wildman–Crippen LogP) is 2.37. The molecule has 1 aromatic heterocycles. The standard InChI is InChI=1S/C13H13BrN2O2/c1-9-3-6-13(17)16(15-9)8-10-7-11(14)4-5-12(10)18-2/h3-7H,8H2,1-2H3. The Hall–Kier alpha value is -1.62. The minimum absolute atomic E-state index is 0.123. The van der Waals surface area contributed by atoms with Gasteiger partial charge < -0.3 is 4.74 Å². The van der Waals surface area contributed by atoms with E-state index < -0.39 is 0 Å². The van der Waals surface area contributed by atoms with Gasteiger partial charge in [-0.25, -0.2) is 4.68 Å². The molecule has 4 nitrogen and oxygen atoms in total. The van der Waals surface area contributed by atoms with Crippen LogP contribution in [0.25, 0.3) is 0 Å². The quantitative estimate of drug-likeness (QED) is 0.874. The summed E-state index contributed by atoms with van der Waals surface area (Å²) in [5.41, 5.74) is 1.60. The summed E-state index contributed by atoms with van der Waals surface area (Å²) in [6, 6.07) is 8.91. The molecule has 2 rings (SSSR count). The zero-order valence-corrected chi connectivity index (χ0v) is 11.8. The monoisotopic (exact) mass is 308 g/mol. The molecule has 0 atom stereocenters. The minimum Gasteiger partial charge on any atom is -0.496 e. The van der Waals surface area contributed by atoms with Crippen molar-refractivity contribution < 1.29 is 4.74 Å². The Kier molecular flexibility index (Phi) is 3.81. The SMILES string of the molecule is COc1ccc(Br)cc1Cn1nc(C)ccc1=O. The molecule has 5 heteroatoms. The molecule has 0 amide bonds. The number of hydrogen-bond acceptors (Lipinski definition) is 3. The molecule has 0 saturated carbocycles. The Labute approximate surface area is 113 Å². The van der Waals surface area contributed by atoms with Gasteiger partial charge in [0.25, 0.3) is 5.56 Å². The average Bonchev–Trinajstić information content (AvgIpc) is 2.34. The fourth-order valence-electron chi connectivity index (χ4n) is 1.70. The van der Waals surface area contributed by atoms with E-state index in [0.717, 1.165) is 21.5 Å². The Morgan fingerprint density at radius 1 is 1.33 bits per heavy atom. The number of methoxy groups -OCH3 is 1. The minimum atomic E-state index is -0.123. The van der Waals surface area contributed by atoms with Crippen molar-refractivity contribution in [2.24, 2.45) is 0 Å². The van der Waals surface area contributed by atoms with Crippen LogP contribution in [0.2, 0.25) is 0 Å². The number of halogens is 1. The second-order valence-electron chi connectivity index (χ2n) is 3.93. The maximum Gasteiger partial charge on any atom is 0.267 e. The highest BCUT2D eigenvalue weighted by atomic mass is 79.9. The van der Waals surface area contributed by atoms with E-state index in [-0.39, 0.29) is 5.56 Å². The zero-order chi connectivity index (χ0) is 13.1. The number of hydrogen-bond donors (Lipinski definition) is 0. The molecule has 0 bridgehead atoms. The van der Waals surface area contributed by atoms with Crippen molar-refractivity contribution in [3.05, 3.63) is 56.4 Å². The van der Waals surface area contributed by atoms with Crippen LogP contribution in [0.3, 0.4) is 0 Å². The van der Waals surface area contributed by atoms with Crippen LogP contribution in [0.1, 0.15) is 11.3 Å². The molecule has 0 aliphatic carbocycles. The van der Waals surface area contributed by atoms with E-state index in [9.17, 15) is 4.79 Å². The molecule has 1 aromatic carbocycles. The summed E-state index contributed by atoms with van der Waals surface area (Å²) in [5.74, 6) is 0.744. The van der Waals surface area contributed by atoms with E-state index in [0.29, 0.717) is 6.54 Å². The van der Waals surface area contributed by atoms with Gasteiger partial charge in [-0.3, -0.25) is 4.79 Å². The smallest absolute Gasteiger partial charge is 0.267 e. The van der Waals surface area contributed by atoms with Crippen molar-refractivity contribution in [2.75, 3.05) is 7.11 Å².